The van der Waals surface area contributed by atoms with Crippen molar-refractivity contribution in [3.05, 3.63) is 29.3 Å². The minimum absolute atomic E-state index is 0.0615. The van der Waals surface area contributed by atoms with Gasteiger partial charge in [-0.25, -0.2) is 4.39 Å². The molecule has 2 aliphatic carbocycles. The highest BCUT2D eigenvalue weighted by molar-refractivity contribution is 6.06. The minimum Gasteiger partial charge on any atom is -0.379 e. The summed E-state index contributed by atoms with van der Waals surface area (Å²) >= 11 is 0. The number of hydrogen-bond acceptors (Lipinski definition) is 6. The van der Waals surface area contributed by atoms with Crippen LogP contribution in [0.15, 0.2) is 18.2 Å². The Kier molecular flexibility index (Phi) is 6.47. The smallest absolute Gasteiger partial charge is 0.255 e. The van der Waals surface area contributed by atoms with Crippen molar-refractivity contribution in [2.75, 3.05) is 25.1 Å². The number of hydrogen-bond donors (Lipinski definition) is 3. The fourth-order valence-corrected chi connectivity index (χ4v) is 6.44. The number of nitrogens with zero attached hydrogens (tertiary/aromatic N) is 1. The molecular weight excluding hydrogens is 475 g/mol. The first-order valence-corrected chi connectivity index (χ1v) is 13.9. The van der Waals surface area contributed by atoms with Gasteiger partial charge in [0.1, 0.15) is 6.04 Å². The molecule has 200 valence electrons. The molecule has 3 N–H and O–H groups in total. The average Bonchev–Trinajstić information content (AvgIpc) is 3.64. The molecular formula is C28H37FN4O4. The molecule has 3 heterocycles. The second kappa shape index (κ2) is 9.66. The number of carbonyl (C=O) groups is 3. The van der Waals surface area contributed by atoms with Crippen LogP contribution in [0.25, 0.3) is 0 Å². The monoisotopic (exact) mass is 512 g/mol. The Morgan fingerprint density at radius 3 is 2.54 bits per heavy atom. The Hall–Kier alpha value is -2.52. The third kappa shape index (κ3) is 5.12. The van der Waals surface area contributed by atoms with Crippen LogP contribution in [0.2, 0.25) is 0 Å². The summed E-state index contributed by atoms with van der Waals surface area (Å²) in [4.78, 5) is 39.0. The standard InChI is InChI=1S/C28H37FN4O4/c29-27(16-37-17-27)15-30-19-9-12-28(13-10-19,11-8-18-4-5-18)32-22-3-1-2-20-21(22)14-33(26(20)36)23-6-7-24(34)31-25(23)35/h1-3,18-19,23,30,32H,4-17H2,(H,31,34,35). The molecule has 37 heavy (non-hydrogen) atoms. The van der Waals surface area contributed by atoms with E-state index in [1.807, 2.05) is 18.2 Å². The summed E-state index contributed by atoms with van der Waals surface area (Å²) in [6.45, 7) is 1.10. The van der Waals surface area contributed by atoms with E-state index >= 15 is 0 Å². The lowest BCUT2D eigenvalue weighted by Crippen LogP contribution is -2.55. The van der Waals surface area contributed by atoms with Crippen molar-refractivity contribution in [3.63, 3.8) is 0 Å². The van der Waals surface area contributed by atoms with Gasteiger partial charge in [0.2, 0.25) is 11.8 Å². The molecule has 5 aliphatic rings. The summed E-state index contributed by atoms with van der Waals surface area (Å²) in [5.41, 5.74) is 1.27. The fraction of sp³-hybridized carbons (Fsp3) is 0.679. The summed E-state index contributed by atoms with van der Waals surface area (Å²) < 4.78 is 19.5. The van der Waals surface area contributed by atoms with Crippen molar-refractivity contribution >= 4 is 23.4 Å². The molecule has 0 spiro atoms. The summed E-state index contributed by atoms with van der Waals surface area (Å²) in [6, 6.07) is 5.48. The molecule has 1 aromatic rings. The van der Waals surface area contributed by atoms with Gasteiger partial charge in [-0.1, -0.05) is 18.9 Å². The number of benzene rings is 1. The quantitative estimate of drug-likeness (QED) is 0.440. The maximum absolute atomic E-state index is 14.4. The zero-order valence-corrected chi connectivity index (χ0v) is 21.3. The minimum atomic E-state index is -1.22. The number of ether oxygens (including phenoxy) is 1. The number of halogens is 1. The van der Waals surface area contributed by atoms with E-state index in [-0.39, 0.29) is 42.9 Å². The average molecular weight is 513 g/mol. The maximum Gasteiger partial charge on any atom is 0.255 e. The van der Waals surface area contributed by atoms with Crippen molar-refractivity contribution in [2.45, 2.75) is 94.0 Å². The largest absolute Gasteiger partial charge is 0.379 e. The Morgan fingerprint density at radius 1 is 1.08 bits per heavy atom. The summed E-state index contributed by atoms with van der Waals surface area (Å²) in [5, 5.41) is 9.72. The molecule has 0 bridgehead atoms. The van der Waals surface area contributed by atoms with Crippen LogP contribution in [0.1, 0.15) is 80.1 Å². The normalized spacial score (nSPS) is 31.1. The number of carbonyl (C=O) groups excluding carboxylic acids is 3. The van der Waals surface area contributed by atoms with Crippen LogP contribution >= 0.6 is 0 Å². The number of nitrogens with one attached hydrogen (secondary N) is 3. The predicted molar refractivity (Wildman–Crippen MR) is 136 cm³/mol. The van der Waals surface area contributed by atoms with Crippen LogP contribution in [0.4, 0.5) is 10.1 Å². The number of fused-ring (bicyclic) bond motifs is 1. The van der Waals surface area contributed by atoms with E-state index in [1.54, 1.807) is 4.90 Å². The van der Waals surface area contributed by atoms with Gasteiger partial charge in [-0.2, -0.15) is 0 Å². The number of piperidine rings is 1. The number of imide groups is 1. The van der Waals surface area contributed by atoms with Crippen molar-refractivity contribution in [1.29, 1.82) is 0 Å². The Labute approximate surface area is 217 Å². The van der Waals surface area contributed by atoms with E-state index in [1.165, 1.54) is 19.3 Å². The summed E-state index contributed by atoms with van der Waals surface area (Å²) in [7, 11) is 0. The van der Waals surface area contributed by atoms with E-state index in [0.717, 1.165) is 49.3 Å². The molecule has 3 amide bonds. The van der Waals surface area contributed by atoms with Gasteiger partial charge < -0.3 is 20.3 Å². The molecule has 9 heteroatoms. The number of amides is 3. The number of anilines is 1. The van der Waals surface area contributed by atoms with Gasteiger partial charge in [0.25, 0.3) is 5.91 Å². The first-order chi connectivity index (χ1) is 17.8. The Bertz CT molecular complexity index is 1080. The molecule has 0 radical (unpaired) electrons. The lowest BCUT2D eigenvalue weighted by molar-refractivity contribution is -0.136. The molecule has 4 fully saturated rings. The molecule has 0 aromatic heterocycles. The molecule has 1 unspecified atom stereocenters. The lowest BCUT2D eigenvalue weighted by Gasteiger charge is -2.43. The van der Waals surface area contributed by atoms with E-state index in [2.05, 4.69) is 16.0 Å². The van der Waals surface area contributed by atoms with Crippen molar-refractivity contribution in [1.82, 2.24) is 15.5 Å². The van der Waals surface area contributed by atoms with Crippen LogP contribution < -0.4 is 16.0 Å². The zero-order valence-electron chi connectivity index (χ0n) is 21.3. The van der Waals surface area contributed by atoms with Crippen LogP contribution in [0, 0.1) is 5.92 Å². The molecule has 2 saturated heterocycles. The second-order valence-corrected chi connectivity index (χ2v) is 11.9. The van der Waals surface area contributed by atoms with Crippen molar-refractivity contribution in [3.8, 4) is 0 Å². The van der Waals surface area contributed by atoms with Gasteiger partial charge in [0.15, 0.2) is 5.67 Å². The van der Waals surface area contributed by atoms with Gasteiger partial charge in [-0.3, -0.25) is 19.7 Å². The lowest BCUT2D eigenvalue weighted by atomic mass is 9.75. The third-order valence-electron chi connectivity index (χ3n) is 9.08. The second-order valence-electron chi connectivity index (χ2n) is 11.9. The first-order valence-electron chi connectivity index (χ1n) is 13.9. The van der Waals surface area contributed by atoms with Gasteiger partial charge in [-0.05, 0) is 63.0 Å². The van der Waals surface area contributed by atoms with Gasteiger partial charge in [-0.15, -0.1) is 0 Å². The number of alkyl halides is 1. The fourth-order valence-electron chi connectivity index (χ4n) is 6.44. The third-order valence-corrected chi connectivity index (χ3v) is 9.08. The van der Waals surface area contributed by atoms with Gasteiger partial charge >= 0.3 is 0 Å². The zero-order chi connectivity index (χ0) is 25.6. The van der Waals surface area contributed by atoms with Crippen molar-refractivity contribution in [2.24, 2.45) is 5.92 Å². The van der Waals surface area contributed by atoms with Gasteiger partial charge in [0.05, 0.1) is 13.2 Å². The summed E-state index contributed by atoms with van der Waals surface area (Å²) in [5.74, 6) is 0.0131. The highest BCUT2D eigenvalue weighted by Crippen LogP contribution is 2.43. The molecule has 3 aliphatic heterocycles. The Morgan fingerprint density at radius 2 is 1.86 bits per heavy atom. The van der Waals surface area contributed by atoms with Crippen LogP contribution in [0.5, 0.6) is 0 Å². The van der Waals surface area contributed by atoms with E-state index in [4.69, 9.17) is 4.74 Å². The van der Waals surface area contributed by atoms with Crippen molar-refractivity contribution < 1.29 is 23.5 Å². The SMILES string of the molecule is O=C1CCC(N2Cc3c(NC4(CCC5CC5)CCC(NCC5(F)COC5)CC4)cccc3C2=O)C(=O)N1. The molecule has 6 rings (SSSR count). The summed E-state index contributed by atoms with van der Waals surface area (Å²) in [6.07, 6.45) is 9.45. The van der Waals surface area contributed by atoms with E-state index in [0.29, 0.717) is 31.1 Å². The maximum atomic E-state index is 14.4. The van der Waals surface area contributed by atoms with Crippen LogP contribution in [-0.2, 0) is 20.9 Å². The molecule has 2 saturated carbocycles. The molecule has 8 nitrogen and oxygen atoms in total. The molecule has 1 aromatic carbocycles. The van der Waals surface area contributed by atoms with Crippen LogP contribution in [0.3, 0.4) is 0 Å². The highest BCUT2D eigenvalue weighted by Gasteiger charge is 2.43. The van der Waals surface area contributed by atoms with E-state index in [9.17, 15) is 18.8 Å². The van der Waals surface area contributed by atoms with E-state index < -0.39 is 11.7 Å². The highest BCUT2D eigenvalue weighted by atomic mass is 19.1. The molecule has 1 atom stereocenters. The first kappa shape index (κ1) is 24.8. The van der Waals surface area contributed by atoms with Crippen LogP contribution in [-0.4, -0.2) is 65.7 Å². The topological polar surface area (TPSA) is 99.8 Å². The predicted octanol–water partition coefficient (Wildman–Crippen LogP) is 3.06. The Balaban J connectivity index is 1.16. The van der Waals surface area contributed by atoms with Gasteiger partial charge in [0, 0.05) is 47.9 Å². The number of rotatable bonds is 9.